The number of nitrogens with two attached hydrogens (primary N) is 2. The molecule has 1 aromatic heterocycles. The van der Waals surface area contributed by atoms with Gasteiger partial charge in [0.15, 0.2) is 0 Å². The molecule has 4 rings (SSSR count). The van der Waals surface area contributed by atoms with Crippen molar-refractivity contribution in [3.63, 3.8) is 0 Å². The summed E-state index contributed by atoms with van der Waals surface area (Å²) in [5.74, 6) is 0.620. The molecule has 7 heteroatoms. The molecule has 0 unspecified atom stereocenters. The Balaban J connectivity index is 1.62. The first kappa shape index (κ1) is 17.9. The number of anilines is 1. The van der Waals surface area contributed by atoms with Crippen molar-refractivity contribution in [1.29, 1.82) is 0 Å². The highest BCUT2D eigenvalue weighted by atomic mass is 16.5. The molecule has 1 amide bonds. The zero-order valence-corrected chi connectivity index (χ0v) is 15.7. The molecule has 5 N–H and O–H groups in total. The number of nitrogen functional groups attached to an aromatic ring is 1. The summed E-state index contributed by atoms with van der Waals surface area (Å²) in [5.41, 5.74) is 14.0. The van der Waals surface area contributed by atoms with Crippen molar-refractivity contribution in [1.82, 2.24) is 15.1 Å². The number of carbonyl (C=O) groups excluding carboxylic acids is 1. The lowest BCUT2D eigenvalue weighted by Crippen LogP contribution is -2.40. The Morgan fingerprint density at radius 2 is 2.11 bits per heavy atom. The second-order valence-corrected chi connectivity index (χ2v) is 7.78. The Bertz CT molecular complexity index is 829. The van der Waals surface area contributed by atoms with Gasteiger partial charge in [-0.2, -0.15) is 5.10 Å². The van der Waals surface area contributed by atoms with Crippen molar-refractivity contribution in [2.45, 2.75) is 38.6 Å². The average molecular weight is 369 g/mol. The largest absolute Gasteiger partial charge is 0.494 e. The number of amides is 1. The third kappa shape index (κ3) is 3.16. The van der Waals surface area contributed by atoms with Crippen LogP contribution in [0, 0.1) is 5.41 Å². The van der Waals surface area contributed by atoms with Crippen molar-refractivity contribution >= 4 is 11.7 Å². The summed E-state index contributed by atoms with van der Waals surface area (Å²) in [6.07, 6.45) is 4.22. The van der Waals surface area contributed by atoms with Crippen LogP contribution in [0.25, 0.3) is 11.3 Å². The van der Waals surface area contributed by atoms with E-state index in [1.807, 2.05) is 24.3 Å². The average Bonchev–Trinajstić information content (AvgIpc) is 3.24. The van der Waals surface area contributed by atoms with Gasteiger partial charge in [0.1, 0.15) is 22.8 Å². The molecule has 1 saturated heterocycles. The first-order valence-corrected chi connectivity index (χ1v) is 9.65. The Morgan fingerprint density at radius 1 is 1.37 bits per heavy atom. The van der Waals surface area contributed by atoms with Gasteiger partial charge in [0.2, 0.25) is 0 Å². The van der Waals surface area contributed by atoms with Crippen molar-refractivity contribution in [2.24, 2.45) is 11.1 Å². The third-order valence-electron chi connectivity index (χ3n) is 5.81. The molecule has 2 aromatic rings. The monoisotopic (exact) mass is 369 g/mol. The Kier molecular flexibility index (Phi) is 4.55. The fraction of sp³-hybridized carbons (Fsp3) is 0.500. The van der Waals surface area contributed by atoms with E-state index in [1.54, 1.807) is 4.68 Å². The van der Waals surface area contributed by atoms with Crippen LogP contribution < -0.4 is 21.5 Å². The first-order chi connectivity index (χ1) is 13.0. The van der Waals surface area contributed by atoms with Gasteiger partial charge in [0.25, 0.3) is 5.91 Å². The standard InChI is InChI=1S/C20H27N5O2/c1-2-9-27-15-5-3-13(4-6-15)17-16(19(22)26)18(21)25(24-17)14-10-20(11-14)7-8-23-12-20/h3-6,14,23H,2,7-12,21H2,1H3,(H2,22,26). The summed E-state index contributed by atoms with van der Waals surface area (Å²) < 4.78 is 7.43. The molecular formula is C20H27N5O2. The molecule has 2 fully saturated rings. The van der Waals surface area contributed by atoms with Crippen LogP contribution in [0.3, 0.4) is 0 Å². The van der Waals surface area contributed by atoms with E-state index < -0.39 is 5.91 Å². The molecule has 27 heavy (non-hydrogen) atoms. The minimum Gasteiger partial charge on any atom is -0.494 e. The quantitative estimate of drug-likeness (QED) is 0.724. The summed E-state index contributed by atoms with van der Waals surface area (Å²) >= 11 is 0. The molecule has 0 bridgehead atoms. The highest BCUT2D eigenvalue weighted by Crippen LogP contribution is 2.53. The summed E-state index contributed by atoms with van der Waals surface area (Å²) in [5, 5.41) is 8.13. The number of ether oxygens (including phenoxy) is 1. The number of hydrogen-bond donors (Lipinski definition) is 3. The number of aromatic nitrogens is 2. The maximum absolute atomic E-state index is 12.1. The van der Waals surface area contributed by atoms with Crippen molar-refractivity contribution < 1.29 is 9.53 Å². The minimum atomic E-state index is -0.545. The maximum Gasteiger partial charge on any atom is 0.254 e. The van der Waals surface area contributed by atoms with E-state index in [2.05, 4.69) is 12.2 Å². The van der Waals surface area contributed by atoms with Crippen LogP contribution in [0.15, 0.2) is 24.3 Å². The van der Waals surface area contributed by atoms with Crippen molar-refractivity contribution in [2.75, 3.05) is 25.4 Å². The van der Waals surface area contributed by atoms with Crippen molar-refractivity contribution in [3.05, 3.63) is 29.8 Å². The van der Waals surface area contributed by atoms with Crippen LogP contribution >= 0.6 is 0 Å². The molecule has 1 saturated carbocycles. The molecule has 1 aromatic carbocycles. The molecule has 2 heterocycles. The van der Waals surface area contributed by atoms with Crippen LogP contribution in [0.5, 0.6) is 5.75 Å². The minimum absolute atomic E-state index is 0.226. The zero-order chi connectivity index (χ0) is 19.0. The van der Waals surface area contributed by atoms with Gasteiger partial charge in [-0.15, -0.1) is 0 Å². The molecule has 1 aliphatic heterocycles. The number of rotatable bonds is 6. The molecular weight excluding hydrogens is 342 g/mol. The van der Waals surface area contributed by atoms with Gasteiger partial charge < -0.3 is 21.5 Å². The first-order valence-electron chi connectivity index (χ1n) is 9.65. The highest BCUT2D eigenvalue weighted by molar-refractivity contribution is 6.03. The second kappa shape index (κ2) is 6.88. The van der Waals surface area contributed by atoms with Gasteiger partial charge in [-0.1, -0.05) is 6.92 Å². The number of benzene rings is 1. The number of carbonyl (C=O) groups is 1. The fourth-order valence-electron chi connectivity index (χ4n) is 4.36. The van der Waals surface area contributed by atoms with E-state index in [1.165, 1.54) is 6.42 Å². The summed E-state index contributed by atoms with van der Waals surface area (Å²) in [6, 6.07) is 7.78. The van der Waals surface area contributed by atoms with E-state index in [-0.39, 0.29) is 6.04 Å². The highest BCUT2D eigenvalue weighted by Gasteiger charge is 2.47. The van der Waals surface area contributed by atoms with Crippen LogP contribution in [-0.4, -0.2) is 35.4 Å². The van der Waals surface area contributed by atoms with Crippen LogP contribution in [0.1, 0.15) is 49.0 Å². The van der Waals surface area contributed by atoms with E-state index >= 15 is 0 Å². The topological polar surface area (TPSA) is 108 Å². The van der Waals surface area contributed by atoms with Crippen molar-refractivity contribution in [3.8, 4) is 17.0 Å². The predicted octanol–water partition coefficient (Wildman–Crippen LogP) is 2.33. The van der Waals surface area contributed by atoms with Gasteiger partial charge >= 0.3 is 0 Å². The fourth-order valence-corrected chi connectivity index (χ4v) is 4.36. The zero-order valence-electron chi connectivity index (χ0n) is 15.7. The van der Waals surface area contributed by atoms with Gasteiger partial charge in [-0.3, -0.25) is 4.79 Å². The molecule has 144 valence electrons. The van der Waals surface area contributed by atoms with Gasteiger partial charge in [-0.25, -0.2) is 4.68 Å². The Labute approximate surface area is 159 Å². The van der Waals surface area contributed by atoms with Crippen LogP contribution in [0.2, 0.25) is 0 Å². The maximum atomic E-state index is 12.1. The Hall–Kier alpha value is -2.54. The summed E-state index contributed by atoms with van der Waals surface area (Å²) in [7, 11) is 0. The SMILES string of the molecule is CCCOc1ccc(-c2nn(C3CC4(CCNC4)C3)c(N)c2C(N)=O)cc1. The van der Waals surface area contributed by atoms with E-state index in [0.717, 1.165) is 43.7 Å². The van der Waals surface area contributed by atoms with Gasteiger partial charge in [-0.05, 0) is 61.9 Å². The Morgan fingerprint density at radius 3 is 2.70 bits per heavy atom. The molecule has 1 spiro atoms. The number of hydrogen-bond acceptors (Lipinski definition) is 5. The molecule has 1 aliphatic carbocycles. The summed E-state index contributed by atoms with van der Waals surface area (Å²) in [4.78, 5) is 12.1. The van der Waals surface area contributed by atoms with Gasteiger partial charge in [0, 0.05) is 12.1 Å². The van der Waals surface area contributed by atoms with Crippen LogP contribution in [0.4, 0.5) is 5.82 Å². The molecule has 0 atom stereocenters. The lowest BCUT2D eigenvalue weighted by Gasteiger charge is -2.45. The molecule has 0 radical (unpaired) electrons. The van der Waals surface area contributed by atoms with E-state index in [0.29, 0.717) is 29.1 Å². The number of primary amides is 1. The lowest BCUT2D eigenvalue weighted by atomic mass is 9.65. The molecule has 2 aliphatic rings. The van der Waals surface area contributed by atoms with E-state index in [9.17, 15) is 4.79 Å². The van der Waals surface area contributed by atoms with Gasteiger partial charge in [0.05, 0.1) is 12.6 Å². The third-order valence-corrected chi connectivity index (χ3v) is 5.81. The number of nitrogens with one attached hydrogen (secondary N) is 1. The number of nitrogens with zero attached hydrogens (tertiary/aromatic N) is 2. The second-order valence-electron chi connectivity index (χ2n) is 7.78. The normalized spacial score (nSPS) is 24.1. The molecule has 7 nitrogen and oxygen atoms in total. The smallest absolute Gasteiger partial charge is 0.254 e. The van der Waals surface area contributed by atoms with E-state index in [4.69, 9.17) is 21.3 Å². The lowest BCUT2D eigenvalue weighted by molar-refractivity contribution is 0.0774. The predicted molar refractivity (Wildman–Crippen MR) is 105 cm³/mol. The summed E-state index contributed by atoms with van der Waals surface area (Å²) in [6.45, 7) is 4.87. The van der Waals surface area contributed by atoms with Crippen LogP contribution in [-0.2, 0) is 0 Å².